The van der Waals surface area contributed by atoms with Crippen LogP contribution in [-0.4, -0.2) is 19.1 Å². The molecular formula is C19H20BrNO2. The standard InChI is InChI=1S/C19H20BrNO2/c1-13(19(11-12-19)15-5-7-16(20)8-6-15)21-18(22)14-3-9-17(23-2)10-4-14/h3-10,13H,11-12H2,1-2H3,(H,21,22). The van der Waals surface area contributed by atoms with Gasteiger partial charge in [0.25, 0.3) is 5.91 Å². The summed E-state index contributed by atoms with van der Waals surface area (Å²) < 4.78 is 6.20. The van der Waals surface area contributed by atoms with Crippen molar-refractivity contribution in [3.05, 3.63) is 64.1 Å². The molecule has 3 rings (SSSR count). The van der Waals surface area contributed by atoms with Crippen molar-refractivity contribution in [1.82, 2.24) is 5.32 Å². The molecule has 0 saturated heterocycles. The summed E-state index contributed by atoms with van der Waals surface area (Å²) in [5.74, 6) is 0.715. The van der Waals surface area contributed by atoms with E-state index in [0.29, 0.717) is 5.56 Å². The number of benzene rings is 2. The number of carbonyl (C=O) groups is 1. The quantitative estimate of drug-likeness (QED) is 0.847. The summed E-state index contributed by atoms with van der Waals surface area (Å²) in [5, 5.41) is 3.16. The van der Waals surface area contributed by atoms with E-state index in [1.165, 1.54) is 5.56 Å². The fourth-order valence-corrected chi connectivity index (χ4v) is 3.31. The van der Waals surface area contributed by atoms with Crippen LogP contribution in [0.1, 0.15) is 35.7 Å². The average molecular weight is 374 g/mol. The van der Waals surface area contributed by atoms with E-state index in [0.717, 1.165) is 23.1 Å². The zero-order valence-corrected chi connectivity index (χ0v) is 14.9. The molecule has 4 heteroatoms. The highest BCUT2D eigenvalue weighted by atomic mass is 79.9. The van der Waals surface area contributed by atoms with E-state index < -0.39 is 0 Å². The molecule has 0 bridgehead atoms. The van der Waals surface area contributed by atoms with Crippen molar-refractivity contribution in [3.63, 3.8) is 0 Å². The van der Waals surface area contributed by atoms with Gasteiger partial charge < -0.3 is 10.1 Å². The van der Waals surface area contributed by atoms with Crippen molar-refractivity contribution >= 4 is 21.8 Å². The molecule has 1 aliphatic rings. The van der Waals surface area contributed by atoms with E-state index in [4.69, 9.17) is 4.74 Å². The number of hydrogen-bond donors (Lipinski definition) is 1. The van der Waals surface area contributed by atoms with Crippen LogP contribution in [0.25, 0.3) is 0 Å². The van der Waals surface area contributed by atoms with Gasteiger partial charge in [-0.3, -0.25) is 4.79 Å². The van der Waals surface area contributed by atoms with Crippen LogP contribution in [0.4, 0.5) is 0 Å². The summed E-state index contributed by atoms with van der Waals surface area (Å²) in [5.41, 5.74) is 2.02. The molecule has 2 aromatic rings. The van der Waals surface area contributed by atoms with E-state index in [-0.39, 0.29) is 17.4 Å². The van der Waals surface area contributed by atoms with E-state index >= 15 is 0 Å². The number of carbonyl (C=O) groups excluding carboxylic acids is 1. The lowest BCUT2D eigenvalue weighted by Gasteiger charge is -2.25. The van der Waals surface area contributed by atoms with Gasteiger partial charge in [-0.2, -0.15) is 0 Å². The maximum Gasteiger partial charge on any atom is 0.251 e. The molecule has 1 unspecified atom stereocenters. The van der Waals surface area contributed by atoms with Gasteiger partial charge in [-0.05, 0) is 61.7 Å². The Labute approximate surface area is 145 Å². The molecule has 0 aromatic heterocycles. The number of ether oxygens (including phenoxy) is 1. The van der Waals surface area contributed by atoms with Crippen molar-refractivity contribution in [3.8, 4) is 5.75 Å². The number of methoxy groups -OCH3 is 1. The Hall–Kier alpha value is -1.81. The lowest BCUT2D eigenvalue weighted by atomic mass is 9.89. The van der Waals surface area contributed by atoms with Crippen molar-refractivity contribution in [2.75, 3.05) is 7.11 Å². The van der Waals surface area contributed by atoms with Crippen molar-refractivity contribution in [2.45, 2.75) is 31.2 Å². The number of rotatable bonds is 5. The molecule has 1 aliphatic carbocycles. The van der Waals surface area contributed by atoms with Crippen LogP contribution >= 0.6 is 15.9 Å². The molecule has 1 amide bonds. The molecule has 3 nitrogen and oxygen atoms in total. The number of halogens is 1. The Balaban J connectivity index is 1.71. The Morgan fingerprint density at radius 3 is 2.26 bits per heavy atom. The highest BCUT2D eigenvalue weighted by Gasteiger charge is 2.49. The summed E-state index contributed by atoms with van der Waals surface area (Å²) in [4.78, 5) is 12.5. The van der Waals surface area contributed by atoms with Crippen LogP contribution < -0.4 is 10.1 Å². The Morgan fingerprint density at radius 1 is 1.13 bits per heavy atom. The third kappa shape index (κ3) is 3.27. The molecule has 2 aromatic carbocycles. The number of hydrogen-bond acceptors (Lipinski definition) is 2. The van der Waals surface area contributed by atoms with Gasteiger partial charge in [0.2, 0.25) is 0 Å². The van der Waals surface area contributed by atoms with Gasteiger partial charge in [0.15, 0.2) is 0 Å². The van der Waals surface area contributed by atoms with Crippen molar-refractivity contribution in [2.24, 2.45) is 0 Å². The van der Waals surface area contributed by atoms with Crippen LogP contribution in [0.2, 0.25) is 0 Å². The van der Waals surface area contributed by atoms with Gasteiger partial charge in [0.1, 0.15) is 5.75 Å². The van der Waals surface area contributed by atoms with Gasteiger partial charge in [-0.25, -0.2) is 0 Å². The van der Waals surface area contributed by atoms with Gasteiger partial charge in [-0.15, -0.1) is 0 Å². The normalized spacial score (nSPS) is 16.5. The Bertz CT molecular complexity index is 690. The summed E-state index contributed by atoms with van der Waals surface area (Å²) in [6, 6.07) is 15.7. The smallest absolute Gasteiger partial charge is 0.251 e. The summed E-state index contributed by atoms with van der Waals surface area (Å²) in [6.45, 7) is 2.09. The van der Waals surface area contributed by atoms with Crippen molar-refractivity contribution in [1.29, 1.82) is 0 Å². The van der Waals surface area contributed by atoms with Crippen LogP contribution in [0.15, 0.2) is 53.0 Å². The first-order valence-corrected chi connectivity index (χ1v) is 8.55. The lowest BCUT2D eigenvalue weighted by molar-refractivity contribution is 0.0932. The molecule has 1 fully saturated rings. The first-order valence-electron chi connectivity index (χ1n) is 7.76. The molecule has 1 saturated carbocycles. The largest absolute Gasteiger partial charge is 0.497 e. The monoisotopic (exact) mass is 373 g/mol. The zero-order chi connectivity index (χ0) is 16.4. The molecule has 1 atom stereocenters. The summed E-state index contributed by atoms with van der Waals surface area (Å²) in [7, 11) is 1.62. The minimum atomic E-state index is -0.0384. The second-order valence-electron chi connectivity index (χ2n) is 6.09. The summed E-state index contributed by atoms with van der Waals surface area (Å²) >= 11 is 3.47. The van der Waals surface area contributed by atoms with Gasteiger partial charge in [0, 0.05) is 21.5 Å². The minimum Gasteiger partial charge on any atom is -0.497 e. The maximum absolute atomic E-state index is 12.5. The van der Waals surface area contributed by atoms with E-state index in [9.17, 15) is 4.79 Å². The molecule has 0 aliphatic heterocycles. The lowest BCUT2D eigenvalue weighted by Crippen LogP contribution is -2.41. The van der Waals surface area contributed by atoms with E-state index in [1.54, 1.807) is 31.4 Å². The van der Waals surface area contributed by atoms with Crippen LogP contribution in [-0.2, 0) is 5.41 Å². The molecule has 0 spiro atoms. The van der Waals surface area contributed by atoms with Crippen LogP contribution in [0.5, 0.6) is 5.75 Å². The second kappa shape index (κ2) is 6.36. The van der Waals surface area contributed by atoms with Gasteiger partial charge in [0.05, 0.1) is 7.11 Å². The third-order valence-corrected chi connectivity index (χ3v) is 5.27. The van der Waals surface area contributed by atoms with Gasteiger partial charge in [-0.1, -0.05) is 28.1 Å². The van der Waals surface area contributed by atoms with Crippen LogP contribution in [0.3, 0.4) is 0 Å². The second-order valence-corrected chi connectivity index (χ2v) is 7.00. The predicted octanol–water partition coefficient (Wildman–Crippen LogP) is 4.31. The van der Waals surface area contributed by atoms with Crippen molar-refractivity contribution < 1.29 is 9.53 Å². The molecule has 1 N–H and O–H groups in total. The van der Waals surface area contributed by atoms with Crippen LogP contribution in [0, 0.1) is 0 Å². The maximum atomic E-state index is 12.5. The highest BCUT2D eigenvalue weighted by molar-refractivity contribution is 9.10. The SMILES string of the molecule is COc1ccc(C(=O)NC(C)C2(c3ccc(Br)cc3)CC2)cc1. The molecule has 120 valence electrons. The molecule has 0 heterocycles. The topological polar surface area (TPSA) is 38.3 Å². The van der Waals surface area contributed by atoms with E-state index in [2.05, 4.69) is 52.4 Å². The molecule has 0 radical (unpaired) electrons. The average Bonchev–Trinajstić information content (AvgIpc) is 3.37. The Kier molecular flexibility index (Phi) is 4.44. The predicted molar refractivity (Wildman–Crippen MR) is 95.0 cm³/mol. The number of nitrogens with one attached hydrogen (secondary N) is 1. The number of amides is 1. The van der Waals surface area contributed by atoms with E-state index in [1.807, 2.05) is 0 Å². The third-order valence-electron chi connectivity index (χ3n) is 4.74. The highest BCUT2D eigenvalue weighted by Crippen LogP contribution is 2.51. The molecule has 23 heavy (non-hydrogen) atoms. The first-order chi connectivity index (χ1) is 11.0. The first kappa shape index (κ1) is 16.1. The zero-order valence-electron chi connectivity index (χ0n) is 13.3. The summed E-state index contributed by atoms with van der Waals surface area (Å²) in [6.07, 6.45) is 2.22. The molecular weight excluding hydrogens is 354 g/mol. The fraction of sp³-hybridized carbons (Fsp3) is 0.316. The Morgan fingerprint density at radius 2 is 1.74 bits per heavy atom. The fourth-order valence-electron chi connectivity index (χ4n) is 3.05. The minimum absolute atomic E-state index is 0.0384. The van der Waals surface area contributed by atoms with Gasteiger partial charge >= 0.3 is 0 Å².